The molecule has 1 nitrogen and oxygen atoms in total. The Morgan fingerprint density at radius 3 is 2.68 bits per heavy atom. The van der Waals surface area contributed by atoms with Crippen molar-refractivity contribution in [2.45, 2.75) is 51.5 Å². The summed E-state index contributed by atoms with van der Waals surface area (Å²) in [5.74, 6) is 0.637. The molecule has 0 aromatic heterocycles. The van der Waals surface area contributed by atoms with Crippen molar-refractivity contribution in [3.8, 4) is 0 Å². The lowest BCUT2D eigenvalue weighted by Crippen LogP contribution is -2.24. The van der Waals surface area contributed by atoms with Crippen LogP contribution in [0, 0.1) is 11.7 Å². The van der Waals surface area contributed by atoms with Crippen molar-refractivity contribution in [1.82, 2.24) is 5.32 Å². The van der Waals surface area contributed by atoms with E-state index in [0.29, 0.717) is 6.04 Å². The van der Waals surface area contributed by atoms with Gasteiger partial charge in [-0.1, -0.05) is 61.0 Å². The lowest BCUT2D eigenvalue weighted by atomic mass is 9.83. The van der Waals surface area contributed by atoms with Crippen molar-refractivity contribution >= 4 is 15.9 Å². The summed E-state index contributed by atoms with van der Waals surface area (Å²) in [6, 6.07) is 5.38. The maximum absolute atomic E-state index is 13.2. The highest BCUT2D eigenvalue weighted by Crippen LogP contribution is 2.34. The lowest BCUT2D eigenvalue weighted by Gasteiger charge is -2.28. The zero-order chi connectivity index (χ0) is 13.7. The van der Waals surface area contributed by atoms with E-state index in [1.807, 2.05) is 6.07 Å². The van der Waals surface area contributed by atoms with Crippen LogP contribution in [0.5, 0.6) is 0 Å². The van der Waals surface area contributed by atoms with Crippen LogP contribution in [0.25, 0.3) is 0 Å². The zero-order valence-corrected chi connectivity index (χ0v) is 13.2. The van der Waals surface area contributed by atoms with Crippen molar-refractivity contribution in [1.29, 1.82) is 0 Å². The minimum atomic E-state index is -0.177. The van der Waals surface area contributed by atoms with E-state index in [2.05, 4.69) is 28.2 Å². The van der Waals surface area contributed by atoms with Crippen molar-refractivity contribution in [2.75, 3.05) is 6.54 Å². The maximum atomic E-state index is 13.2. The fraction of sp³-hybridized carbons (Fsp3) is 0.625. The molecule has 1 fully saturated rings. The summed E-state index contributed by atoms with van der Waals surface area (Å²) in [5, 5.41) is 3.55. The summed E-state index contributed by atoms with van der Waals surface area (Å²) in [6.07, 6.45) is 7.99. The van der Waals surface area contributed by atoms with Crippen molar-refractivity contribution < 1.29 is 4.39 Å². The van der Waals surface area contributed by atoms with Gasteiger partial charge in [0.15, 0.2) is 0 Å². The van der Waals surface area contributed by atoms with Gasteiger partial charge in [0.05, 0.1) is 0 Å². The second-order valence-electron chi connectivity index (χ2n) is 5.52. The average molecular weight is 328 g/mol. The Bertz CT molecular complexity index is 402. The Morgan fingerprint density at radius 1 is 1.32 bits per heavy atom. The van der Waals surface area contributed by atoms with E-state index in [-0.39, 0.29) is 5.82 Å². The molecule has 1 aliphatic carbocycles. The van der Waals surface area contributed by atoms with Gasteiger partial charge in [-0.3, -0.25) is 0 Å². The molecule has 106 valence electrons. The molecule has 1 N–H and O–H groups in total. The van der Waals surface area contributed by atoms with Crippen LogP contribution in [0.4, 0.5) is 4.39 Å². The number of nitrogens with one attached hydrogen (secondary N) is 1. The molecule has 0 aliphatic heterocycles. The van der Waals surface area contributed by atoms with Gasteiger partial charge in [0.2, 0.25) is 0 Å². The molecule has 1 aromatic carbocycles. The topological polar surface area (TPSA) is 12.0 Å². The van der Waals surface area contributed by atoms with Gasteiger partial charge >= 0.3 is 0 Å². The standard InChI is InChI=1S/C16H23BrFN/c1-2-19-16(10-12-6-4-3-5-7-12)14-9-8-13(18)11-15(14)17/h8-9,11-12,16,19H,2-7,10H2,1H3. The van der Waals surface area contributed by atoms with Crippen LogP contribution >= 0.6 is 15.9 Å². The molecule has 0 saturated heterocycles. The number of benzene rings is 1. The molecular weight excluding hydrogens is 305 g/mol. The monoisotopic (exact) mass is 327 g/mol. The normalized spacial score (nSPS) is 18.5. The SMILES string of the molecule is CCNC(CC1CCCCC1)c1ccc(F)cc1Br. The first-order chi connectivity index (χ1) is 9.20. The molecule has 1 aliphatic rings. The maximum Gasteiger partial charge on any atom is 0.124 e. The third-order valence-corrected chi connectivity index (χ3v) is 4.77. The third kappa shape index (κ3) is 4.28. The van der Waals surface area contributed by atoms with Crippen LogP contribution in [0.15, 0.2) is 22.7 Å². The molecule has 1 aromatic rings. The van der Waals surface area contributed by atoms with E-state index in [0.717, 1.165) is 23.4 Å². The van der Waals surface area contributed by atoms with E-state index in [1.54, 1.807) is 12.1 Å². The number of hydrogen-bond acceptors (Lipinski definition) is 1. The summed E-state index contributed by atoms with van der Waals surface area (Å²) in [6.45, 7) is 3.08. The van der Waals surface area contributed by atoms with E-state index < -0.39 is 0 Å². The van der Waals surface area contributed by atoms with Gasteiger partial charge in [0, 0.05) is 10.5 Å². The minimum Gasteiger partial charge on any atom is -0.310 e. The molecule has 2 rings (SSSR count). The molecule has 0 bridgehead atoms. The largest absolute Gasteiger partial charge is 0.310 e. The molecule has 1 atom stereocenters. The van der Waals surface area contributed by atoms with Crippen molar-refractivity contribution in [2.24, 2.45) is 5.92 Å². The van der Waals surface area contributed by atoms with Crippen LogP contribution in [0.3, 0.4) is 0 Å². The first kappa shape index (κ1) is 15.0. The van der Waals surface area contributed by atoms with Crippen molar-refractivity contribution in [3.63, 3.8) is 0 Å². The van der Waals surface area contributed by atoms with Crippen LogP contribution in [0.1, 0.15) is 57.1 Å². The first-order valence-electron chi connectivity index (χ1n) is 7.39. The predicted molar refractivity (Wildman–Crippen MR) is 81.7 cm³/mol. The summed E-state index contributed by atoms with van der Waals surface area (Å²) >= 11 is 3.50. The fourth-order valence-corrected chi connectivity index (χ4v) is 3.73. The van der Waals surface area contributed by atoms with Gasteiger partial charge in [-0.25, -0.2) is 4.39 Å². The quantitative estimate of drug-likeness (QED) is 0.782. The highest BCUT2D eigenvalue weighted by atomic mass is 79.9. The highest BCUT2D eigenvalue weighted by Gasteiger charge is 2.21. The van der Waals surface area contributed by atoms with Gasteiger partial charge < -0.3 is 5.32 Å². The van der Waals surface area contributed by atoms with Gasteiger partial charge in [0.25, 0.3) is 0 Å². The van der Waals surface area contributed by atoms with Crippen molar-refractivity contribution in [3.05, 3.63) is 34.1 Å². The third-order valence-electron chi connectivity index (χ3n) is 4.08. The van der Waals surface area contributed by atoms with E-state index in [9.17, 15) is 4.39 Å². The Labute approximate surface area is 124 Å². The molecule has 0 spiro atoms. The Kier molecular flexibility index (Phi) is 5.83. The lowest BCUT2D eigenvalue weighted by molar-refractivity contribution is 0.301. The fourth-order valence-electron chi connectivity index (χ4n) is 3.11. The van der Waals surface area contributed by atoms with E-state index >= 15 is 0 Å². The molecule has 0 radical (unpaired) electrons. The Balaban J connectivity index is 2.09. The number of halogens is 2. The van der Waals surface area contributed by atoms with Crippen LogP contribution in [0.2, 0.25) is 0 Å². The molecule has 0 amide bonds. The second-order valence-corrected chi connectivity index (χ2v) is 6.37. The van der Waals surface area contributed by atoms with E-state index in [1.165, 1.54) is 37.7 Å². The smallest absolute Gasteiger partial charge is 0.124 e. The van der Waals surface area contributed by atoms with Crippen LogP contribution in [-0.4, -0.2) is 6.54 Å². The Hall–Kier alpha value is -0.410. The summed E-state index contributed by atoms with van der Waals surface area (Å²) < 4.78 is 14.1. The molecule has 1 unspecified atom stereocenters. The molecule has 0 heterocycles. The summed E-state index contributed by atoms with van der Waals surface area (Å²) in [5.41, 5.74) is 1.19. The van der Waals surface area contributed by atoms with Gasteiger partial charge in [-0.2, -0.15) is 0 Å². The predicted octanol–water partition coefficient (Wildman–Crippen LogP) is 5.21. The first-order valence-corrected chi connectivity index (χ1v) is 8.18. The number of rotatable bonds is 5. The minimum absolute atomic E-state index is 0.177. The summed E-state index contributed by atoms with van der Waals surface area (Å²) in [7, 11) is 0. The zero-order valence-electron chi connectivity index (χ0n) is 11.6. The number of hydrogen-bond donors (Lipinski definition) is 1. The summed E-state index contributed by atoms with van der Waals surface area (Å²) in [4.78, 5) is 0. The van der Waals surface area contributed by atoms with Gasteiger partial charge in [0.1, 0.15) is 5.82 Å². The van der Waals surface area contributed by atoms with Gasteiger partial charge in [-0.05, 0) is 36.6 Å². The highest BCUT2D eigenvalue weighted by molar-refractivity contribution is 9.10. The molecule has 19 heavy (non-hydrogen) atoms. The molecule has 1 saturated carbocycles. The average Bonchev–Trinajstić information content (AvgIpc) is 2.39. The molecular formula is C16H23BrFN. The molecule has 3 heteroatoms. The Morgan fingerprint density at radius 2 is 2.05 bits per heavy atom. The second kappa shape index (κ2) is 7.39. The van der Waals surface area contributed by atoms with E-state index in [4.69, 9.17) is 0 Å². The van der Waals surface area contributed by atoms with Crippen LogP contribution < -0.4 is 5.32 Å². The van der Waals surface area contributed by atoms with Crippen LogP contribution in [-0.2, 0) is 0 Å². The van der Waals surface area contributed by atoms with Gasteiger partial charge in [-0.15, -0.1) is 0 Å².